The van der Waals surface area contributed by atoms with E-state index >= 15 is 0 Å². The largest absolute Gasteiger partial charge is 0.445 e. The molecule has 0 bridgehead atoms. The Morgan fingerprint density at radius 1 is 1.21 bits per heavy atom. The number of esters is 1. The lowest BCUT2D eigenvalue weighted by molar-refractivity contribution is -0.139. The van der Waals surface area contributed by atoms with E-state index in [1.807, 2.05) is 12.1 Å². The van der Waals surface area contributed by atoms with Crippen LogP contribution in [-0.2, 0) is 22.4 Å². The highest BCUT2D eigenvalue weighted by Gasteiger charge is 2.42. The van der Waals surface area contributed by atoms with Crippen LogP contribution in [0.5, 0.6) is 0 Å². The van der Waals surface area contributed by atoms with E-state index in [9.17, 15) is 14.0 Å². The molecule has 1 aliphatic rings. The Balaban J connectivity index is 1.62. The van der Waals surface area contributed by atoms with Crippen LogP contribution in [0, 0.1) is 5.82 Å². The summed E-state index contributed by atoms with van der Waals surface area (Å²) in [5, 5.41) is 2.80. The summed E-state index contributed by atoms with van der Waals surface area (Å²) in [6.07, 6.45) is 0.921. The molecule has 0 spiro atoms. The van der Waals surface area contributed by atoms with Gasteiger partial charge in [-0.1, -0.05) is 30.3 Å². The van der Waals surface area contributed by atoms with E-state index in [1.165, 1.54) is 12.1 Å². The molecule has 0 radical (unpaired) electrons. The average molecular weight is 327 g/mol. The number of carbonyl (C=O) groups is 2. The number of nitrogens with one attached hydrogen (secondary N) is 1. The minimum atomic E-state index is -1.21. The molecule has 3 rings (SSSR count). The molecule has 5 heteroatoms. The Morgan fingerprint density at radius 2 is 1.92 bits per heavy atom. The second kappa shape index (κ2) is 6.43. The Labute approximate surface area is 139 Å². The van der Waals surface area contributed by atoms with E-state index in [0.29, 0.717) is 24.9 Å². The van der Waals surface area contributed by atoms with Gasteiger partial charge in [-0.05, 0) is 42.7 Å². The fourth-order valence-corrected chi connectivity index (χ4v) is 2.82. The summed E-state index contributed by atoms with van der Waals surface area (Å²) < 4.78 is 18.3. The number of amides is 1. The Hall–Kier alpha value is -2.69. The van der Waals surface area contributed by atoms with Crippen molar-refractivity contribution in [2.75, 3.05) is 6.54 Å². The van der Waals surface area contributed by atoms with Crippen LogP contribution in [0.15, 0.2) is 48.5 Å². The maximum Gasteiger partial charge on any atom is 0.339 e. The number of hydrogen-bond donors (Lipinski definition) is 1. The van der Waals surface area contributed by atoms with Gasteiger partial charge in [0.1, 0.15) is 5.82 Å². The fraction of sp³-hybridized carbons (Fsp3) is 0.263. The highest BCUT2D eigenvalue weighted by atomic mass is 19.1. The lowest BCUT2D eigenvalue weighted by Crippen LogP contribution is -2.52. The van der Waals surface area contributed by atoms with Gasteiger partial charge < -0.3 is 10.1 Å². The molecule has 2 aromatic rings. The molecule has 0 aromatic heterocycles. The zero-order valence-electron chi connectivity index (χ0n) is 13.3. The molecule has 24 heavy (non-hydrogen) atoms. The monoisotopic (exact) mass is 327 g/mol. The van der Waals surface area contributed by atoms with E-state index in [-0.39, 0.29) is 11.7 Å². The van der Waals surface area contributed by atoms with E-state index in [0.717, 1.165) is 11.1 Å². The van der Waals surface area contributed by atoms with Gasteiger partial charge in [0, 0.05) is 13.0 Å². The number of cyclic esters (lactones) is 1. The summed E-state index contributed by atoms with van der Waals surface area (Å²) >= 11 is 0. The zero-order valence-corrected chi connectivity index (χ0v) is 13.3. The molecule has 124 valence electrons. The lowest BCUT2D eigenvalue weighted by atomic mass is 9.89. The molecule has 0 saturated heterocycles. The molecule has 0 aliphatic carbocycles. The fourth-order valence-electron chi connectivity index (χ4n) is 2.82. The van der Waals surface area contributed by atoms with Crippen LogP contribution in [0.25, 0.3) is 0 Å². The average Bonchev–Trinajstić information content (AvgIpc) is 2.56. The first-order valence-electron chi connectivity index (χ1n) is 7.82. The first-order valence-corrected chi connectivity index (χ1v) is 7.82. The molecule has 1 N–H and O–H groups in total. The third-order valence-corrected chi connectivity index (χ3v) is 4.18. The van der Waals surface area contributed by atoms with E-state index in [2.05, 4.69) is 5.32 Å². The number of fused-ring (bicyclic) bond motifs is 1. The normalized spacial score (nSPS) is 19.3. The highest BCUT2D eigenvalue weighted by Crippen LogP contribution is 2.28. The van der Waals surface area contributed by atoms with Crippen LogP contribution in [0.3, 0.4) is 0 Å². The number of benzene rings is 2. The molecule has 1 atom stereocenters. The van der Waals surface area contributed by atoms with Crippen molar-refractivity contribution in [2.45, 2.75) is 25.4 Å². The third-order valence-electron chi connectivity index (χ3n) is 4.18. The van der Waals surface area contributed by atoms with Crippen molar-refractivity contribution < 1.29 is 18.7 Å². The summed E-state index contributed by atoms with van der Waals surface area (Å²) in [6.45, 7) is 2.01. The van der Waals surface area contributed by atoms with Crippen molar-refractivity contribution in [1.82, 2.24) is 5.32 Å². The first kappa shape index (κ1) is 16.2. The Morgan fingerprint density at radius 3 is 2.67 bits per heavy atom. The summed E-state index contributed by atoms with van der Waals surface area (Å²) in [5.74, 6) is -1.09. The SMILES string of the molecule is C[C@]1(C(=O)NCCc2ccc(F)cc2)Cc2ccccc2C(=O)O1. The minimum Gasteiger partial charge on any atom is -0.445 e. The minimum absolute atomic E-state index is 0.289. The molecular weight excluding hydrogens is 309 g/mol. The molecule has 1 amide bonds. The van der Waals surface area contributed by atoms with Crippen molar-refractivity contribution in [3.05, 3.63) is 71.0 Å². The summed E-state index contributed by atoms with van der Waals surface area (Å²) in [6, 6.07) is 13.3. The zero-order chi connectivity index (χ0) is 17.2. The van der Waals surface area contributed by atoms with E-state index < -0.39 is 11.6 Å². The molecule has 4 nitrogen and oxygen atoms in total. The van der Waals surface area contributed by atoms with Gasteiger partial charge in [0.2, 0.25) is 0 Å². The predicted octanol–water partition coefficient (Wildman–Crippen LogP) is 2.66. The van der Waals surface area contributed by atoms with Crippen molar-refractivity contribution in [3.8, 4) is 0 Å². The van der Waals surface area contributed by atoms with Crippen molar-refractivity contribution in [3.63, 3.8) is 0 Å². The topological polar surface area (TPSA) is 55.4 Å². The smallest absolute Gasteiger partial charge is 0.339 e. The highest BCUT2D eigenvalue weighted by molar-refractivity contribution is 5.97. The quantitative estimate of drug-likeness (QED) is 0.879. The Kier molecular flexibility index (Phi) is 4.34. The van der Waals surface area contributed by atoms with Gasteiger partial charge in [-0.3, -0.25) is 4.79 Å². The van der Waals surface area contributed by atoms with Crippen LogP contribution in [-0.4, -0.2) is 24.0 Å². The van der Waals surface area contributed by atoms with Gasteiger partial charge in [0.05, 0.1) is 5.56 Å². The number of rotatable bonds is 4. The molecule has 2 aromatic carbocycles. The van der Waals surface area contributed by atoms with Gasteiger partial charge in [-0.25, -0.2) is 9.18 Å². The first-order chi connectivity index (χ1) is 11.5. The molecule has 1 aliphatic heterocycles. The summed E-state index contributed by atoms with van der Waals surface area (Å²) in [7, 11) is 0. The predicted molar refractivity (Wildman–Crippen MR) is 87.1 cm³/mol. The molecule has 0 fully saturated rings. The maximum atomic E-state index is 12.9. The van der Waals surface area contributed by atoms with Crippen LogP contribution in [0.4, 0.5) is 4.39 Å². The number of ether oxygens (including phenoxy) is 1. The molecule has 0 unspecified atom stereocenters. The number of hydrogen-bond acceptors (Lipinski definition) is 3. The Bertz CT molecular complexity index is 772. The maximum absolute atomic E-state index is 12.9. The van der Waals surface area contributed by atoms with Crippen molar-refractivity contribution >= 4 is 11.9 Å². The summed E-state index contributed by atoms with van der Waals surface area (Å²) in [5.41, 5.74) is 1.03. The van der Waals surface area contributed by atoms with Gasteiger partial charge in [0.25, 0.3) is 5.91 Å². The van der Waals surface area contributed by atoms with Crippen LogP contribution in [0.2, 0.25) is 0 Å². The number of carbonyl (C=O) groups excluding carboxylic acids is 2. The van der Waals surface area contributed by atoms with Gasteiger partial charge in [-0.2, -0.15) is 0 Å². The molecular formula is C19H18FNO3. The van der Waals surface area contributed by atoms with Crippen molar-refractivity contribution in [2.24, 2.45) is 0 Å². The van der Waals surface area contributed by atoms with Gasteiger partial charge in [-0.15, -0.1) is 0 Å². The summed E-state index contributed by atoms with van der Waals surface area (Å²) in [4.78, 5) is 24.6. The lowest BCUT2D eigenvalue weighted by Gasteiger charge is -2.33. The van der Waals surface area contributed by atoms with E-state index in [4.69, 9.17) is 4.74 Å². The van der Waals surface area contributed by atoms with E-state index in [1.54, 1.807) is 31.2 Å². The van der Waals surface area contributed by atoms with Gasteiger partial charge in [0.15, 0.2) is 5.60 Å². The third kappa shape index (κ3) is 3.30. The van der Waals surface area contributed by atoms with Crippen LogP contribution in [0.1, 0.15) is 28.4 Å². The standard InChI is InChI=1S/C19H18FNO3/c1-19(12-14-4-2-3-5-16(14)17(22)24-19)18(23)21-11-10-13-6-8-15(20)9-7-13/h2-9H,10-12H2,1H3,(H,21,23)/t19-/m1/s1. The van der Waals surface area contributed by atoms with Crippen molar-refractivity contribution in [1.29, 1.82) is 0 Å². The molecule has 0 saturated carbocycles. The second-order valence-electron chi connectivity index (χ2n) is 6.09. The van der Waals surface area contributed by atoms with Crippen LogP contribution < -0.4 is 5.32 Å². The van der Waals surface area contributed by atoms with Crippen LogP contribution >= 0.6 is 0 Å². The van der Waals surface area contributed by atoms with Gasteiger partial charge >= 0.3 is 5.97 Å². The number of halogens is 1. The molecule has 1 heterocycles. The second-order valence-corrected chi connectivity index (χ2v) is 6.09.